The fourth-order valence-corrected chi connectivity index (χ4v) is 4.39. The maximum atomic E-state index is 13.0. The SMILES string of the molecule is COC(C)CNC(=O)c1c(C)[nH]c(/C=C2\C(=O)Nc3ccc(C(=O)NC(C)c4ccccc4)cc32)c1C. The number of aromatic nitrogens is 1. The van der Waals surface area contributed by atoms with Crippen molar-refractivity contribution in [3.63, 3.8) is 0 Å². The largest absolute Gasteiger partial charge is 0.380 e. The molecule has 1 aromatic heterocycles. The van der Waals surface area contributed by atoms with E-state index in [1.807, 2.05) is 58.0 Å². The molecule has 8 heteroatoms. The van der Waals surface area contributed by atoms with Crippen LogP contribution in [0.1, 0.15) is 68.7 Å². The third kappa shape index (κ3) is 5.49. The van der Waals surface area contributed by atoms with Crippen molar-refractivity contribution in [1.82, 2.24) is 15.6 Å². The van der Waals surface area contributed by atoms with Crippen molar-refractivity contribution in [2.24, 2.45) is 0 Å². The first-order valence-electron chi connectivity index (χ1n) is 12.2. The quantitative estimate of drug-likeness (QED) is 0.344. The van der Waals surface area contributed by atoms with Crippen molar-refractivity contribution in [2.45, 2.75) is 39.8 Å². The lowest BCUT2D eigenvalue weighted by atomic mass is 10.0. The number of anilines is 1. The molecule has 37 heavy (non-hydrogen) atoms. The summed E-state index contributed by atoms with van der Waals surface area (Å²) in [6.07, 6.45) is 1.62. The number of nitrogens with one attached hydrogen (secondary N) is 4. The topological polar surface area (TPSA) is 112 Å². The summed E-state index contributed by atoms with van der Waals surface area (Å²) < 4.78 is 5.20. The molecule has 3 amide bonds. The van der Waals surface area contributed by atoms with Gasteiger partial charge < -0.3 is 25.7 Å². The molecule has 192 valence electrons. The molecular formula is C29H32N4O4. The van der Waals surface area contributed by atoms with Gasteiger partial charge in [-0.3, -0.25) is 14.4 Å². The summed E-state index contributed by atoms with van der Waals surface area (Å²) >= 11 is 0. The van der Waals surface area contributed by atoms with Crippen LogP contribution in [-0.4, -0.2) is 42.5 Å². The first-order valence-corrected chi connectivity index (χ1v) is 12.2. The van der Waals surface area contributed by atoms with E-state index in [0.29, 0.717) is 45.9 Å². The van der Waals surface area contributed by atoms with E-state index in [1.54, 1.807) is 31.4 Å². The van der Waals surface area contributed by atoms with E-state index < -0.39 is 0 Å². The van der Waals surface area contributed by atoms with Crippen LogP contribution in [0.2, 0.25) is 0 Å². The fraction of sp³-hybridized carbons (Fsp3) is 0.276. The molecule has 0 bridgehead atoms. The smallest absolute Gasteiger partial charge is 0.256 e. The molecule has 1 aliphatic heterocycles. The predicted molar refractivity (Wildman–Crippen MR) is 144 cm³/mol. The number of rotatable bonds is 8. The molecule has 8 nitrogen and oxygen atoms in total. The first kappa shape index (κ1) is 25.9. The van der Waals surface area contributed by atoms with E-state index in [1.165, 1.54) is 0 Å². The maximum Gasteiger partial charge on any atom is 0.256 e. The van der Waals surface area contributed by atoms with Crippen LogP contribution >= 0.6 is 0 Å². The number of hydrogen-bond acceptors (Lipinski definition) is 4. The van der Waals surface area contributed by atoms with E-state index >= 15 is 0 Å². The van der Waals surface area contributed by atoms with Crippen molar-refractivity contribution in [3.8, 4) is 0 Å². The number of methoxy groups -OCH3 is 1. The third-order valence-corrected chi connectivity index (χ3v) is 6.66. The van der Waals surface area contributed by atoms with Gasteiger partial charge in [-0.1, -0.05) is 30.3 Å². The molecular weight excluding hydrogens is 468 g/mol. The summed E-state index contributed by atoms with van der Waals surface area (Å²) in [7, 11) is 1.59. The van der Waals surface area contributed by atoms with Crippen LogP contribution in [0, 0.1) is 13.8 Å². The Kier molecular flexibility index (Phi) is 7.59. The van der Waals surface area contributed by atoms with Crippen molar-refractivity contribution in [2.75, 3.05) is 19.0 Å². The second-order valence-corrected chi connectivity index (χ2v) is 9.30. The summed E-state index contributed by atoms with van der Waals surface area (Å²) in [5.41, 5.74) is 5.79. The van der Waals surface area contributed by atoms with Gasteiger partial charge >= 0.3 is 0 Å². The number of benzene rings is 2. The zero-order valence-corrected chi connectivity index (χ0v) is 21.7. The molecule has 0 fully saturated rings. The lowest BCUT2D eigenvalue weighted by Gasteiger charge is -2.14. The summed E-state index contributed by atoms with van der Waals surface area (Å²) in [5.74, 6) is -0.701. The Bertz CT molecular complexity index is 1370. The van der Waals surface area contributed by atoms with Gasteiger partial charge in [-0.2, -0.15) is 0 Å². The number of H-pyrrole nitrogens is 1. The van der Waals surface area contributed by atoms with Gasteiger partial charge in [-0.25, -0.2) is 0 Å². The standard InChI is InChI=1S/C29H32N4O4/c1-16(37-5)15-30-29(36)26-17(2)25(31-19(26)4)14-23-22-13-21(11-12-24(22)33-28(23)35)27(34)32-18(3)20-9-7-6-8-10-20/h6-14,16,18,31H,15H2,1-5H3,(H,30,36)(H,32,34)(H,33,35)/b23-14-. The molecule has 0 spiro atoms. The van der Waals surface area contributed by atoms with Crippen LogP contribution in [0.25, 0.3) is 11.6 Å². The molecule has 2 aromatic carbocycles. The summed E-state index contributed by atoms with van der Waals surface area (Å²) in [6, 6.07) is 14.7. The highest BCUT2D eigenvalue weighted by molar-refractivity contribution is 6.35. The minimum absolute atomic E-state index is 0.106. The summed E-state index contributed by atoms with van der Waals surface area (Å²) in [5, 5.41) is 8.75. The number of hydrogen-bond donors (Lipinski definition) is 4. The second kappa shape index (κ2) is 10.8. The fourth-order valence-electron chi connectivity index (χ4n) is 4.39. The lowest BCUT2D eigenvalue weighted by molar-refractivity contribution is -0.110. The Morgan fingerprint density at radius 2 is 1.78 bits per heavy atom. The van der Waals surface area contributed by atoms with Crippen molar-refractivity contribution in [1.29, 1.82) is 0 Å². The van der Waals surface area contributed by atoms with Gasteiger partial charge in [-0.05, 0) is 63.1 Å². The van der Waals surface area contributed by atoms with Crippen LogP contribution < -0.4 is 16.0 Å². The molecule has 4 N–H and O–H groups in total. The van der Waals surface area contributed by atoms with E-state index in [-0.39, 0.29) is 29.9 Å². The first-order chi connectivity index (χ1) is 17.7. The molecule has 0 radical (unpaired) electrons. The molecule has 2 unspecified atom stereocenters. The molecule has 1 aliphatic rings. The minimum Gasteiger partial charge on any atom is -0.380 e. The van der Waals surface area contributed by atoms with Crippen LogP contribution in [0.3, 0.4) is 0 Å². The molecule has 0 aliphatic carbocycles. The Morgan fingerprint density at radius 3 is 2.49 bits per heavy atom. The van der Waals surface area contributed by atoms with E-state index in [4.69, 9.17) is 4.74 Å². The Balaban J connectivity index is 1.59. The number of carbonyl (C=O) groups is 3. The van der Waals surface area contributed by atoms with Gasteiger partial charge in [0.1, 0.15) is 0 Å². The minimum atomic E-state index is -0.267. The molecule has 2 heterocycles. The Hall–Kier alpha value is -4.17. The normalized spacial score (nSPS) is 15.2. The average molecular weight is 501 g/mol. The van der Waals surface area contributed by atoms with Gasteiger partial charge in [0.15, 0.2) is 0 Å². The van der Waals surface area contributed by atoms with Crippen molar-refractivity contribution < 1.29 is 19.1 Å². The highest BCUT2D eigenvalue weighted by atomic mass is 16.5. The number of aryl methyl sites for hydroxylation is 1. The number of ether oxygens (including phenoxy) is 1. The molecule has 0 saturated heterocycles. The Labute approximate surface area is 216 Å². The zero-order valence-electron chi connectivity index (χ0n) is 21.7. The molecule has 4 rings (SSSR count). The second-order valence-electron chi connectivity index (χ2n) is 9.30. The number of amides is 3. The van der Waals surface area contributed by atoms with Crippen molar-refractivity contribution >= 4 is 35.1 Å². The highest BCUT2D eigenvalue weighted by Crippen LogP contribution is 2.35. The number of fused-ring (bicyclic) bond motifs is 1. The summed E-state index contributed by atoms with van der Waals surface area (Å²) in [4.78, 5) is 41.9. The lowest BCUT2D eigenvalue weighted by Crippen LogP contribution is -2.32. The third-order valence-electron chi connectivity index (χ3n) is 6.66. The van der Waals surface area contributed by atoms with E-state index in [2.05, 4.69) is 20.9 Å². The van der Waals surface area contributed by atoms with Gasteiger partial charge in [0.05, 0.1) is 23.3 Å². The molecule has 2 atom stereocenters. The van der Waals surface area contributed by atoms with Gasteiger partial charge in [0, 0.05) is 41.9 Å². The van der Waals surface area contributed by atoms with Gasteiger partial charge in [-0.15, -0.1) is 0 Å². The zero-order chi connectivity index (χ0) is 26.7. The molecule has 3 aromatic rings. The summed E-state index contributed by atoms with van der Waals surface area (Å²) in [6.45, 7) is 7.85. The van der Waals surface area contributed by atoms with E-state index in [0.717, 1.165) is 11.1 Å². The average Bonchev–Trinajstić information content (AvgIpc) is 3.36. The predicted octanol–water partition coefficient (Wildman–Crippen LogP) is 4.38. The van der Waals surface area contributed by atoms with Gasteiger partial charge in [0.25, 0.3) is 17.7 Å². The molecule has 0 saturated carbocycles. The Morgan fingerprint density at radius 1 is 1.05 bits per heavy atom. The van der Waals surface area contributed by atoms with Crippen LogP contribution in [-0.2, 0) is 9.53 Å². The van der Waals surface area contributed by atoms with Crippen LogP contribution in [0.5, 0.6) is 0 Å². The maximum absolute atomic E-state index is 13.0. The van der Waals surface area contributed by atoms with E-state index in [9.17, 15) is 14.4 Å². The number of aromatic amines is 1. The highest BCUT2D eigenvalue weighted by Gasteiger charge is 2.27. The number of carbonyl (C=O) groups excluding carboxylic acids is 3. The van der Waals surface area contributed by atoms with Crippen LogP contribution in [0.15, 0.2) is 48.5 Å². The monoisotopic (exact) mass is 500 g/mol. The van der Waals surface area contributed by atoms with Gasteiger partial charge in [0.2, 0.25) is 0 Å². The van der Waals surface area contributed by atoms with Crippen LogP contribution in [0.4, 0.5) is 5.69 Å². The van der Waals surface area contributed by atoms with Crippen molar-refractivity contribution in [3.05, 3.63) is 87.7 Å².